The van der Waals surface area contributed by atoms with Crippen molar-refractivity contribution in [2.45, 2.75) is 45.1 Å². The molecule has 5 rings (SSSR count). The maximum atomic E-state index is 12.9. The van der Waals surface area contributed by atoms with Gasteiger partial charge in [-0.1, -0.05) is 12.1 Å². The molecule has 4 bridgehead atoms. The Bertz CT molecular complexity index is 516. The molecule has 1 N–H and O–H groups in total. The van der Waals surface area contributed by atoms with Crippen LogP contribution in [0.4, 0.5) is 4.39 Å². The van der Waals surface area contributed by atoms with Crippen molar-refractivity contribution >= 4 is 5.91 Å². The van der Waals surface area contributed by atoms with Gasteiger partial charge in [-0.15, -0.1) is 0 Å². The van der Waals surface area contributed by atoms with E-state index in [1.54, 1.807) is 12.1 Å². The molecule has 0 unspecified atom stereocenters. The van der Waals surface area contributed by atoms with Crippen LogP contribution < -0.4 is 5.32 Å². The molecule has 2 nitrogen and oxygen atoms in total. The van der Waals surface area contributed by atoms with Crippen LogP contribution in [0.25, 0.3) is 0 Å². The van der Waals surface area contributed by atoms with E-state index in [4.69, 9.17) is 0 Å². The molecule has 0 atom stereocenters. The highest BCUT2D eigenvalue weighted by Crippen LogP contribution is 2.60. The number of hydrogen-bond acceptors (Lipinski definition) is 1. The average molecular weight is 287 g/mol. The zero-order chi connectivity index (χ0) is 14.4. The molecule has 4 aliphatic rings. The first-order chi connectivity index (χ1) is 10.1. The van der Waals surface area contributed by atoms with Gasteiger partial charge in [-0.05, 0) is 74.0 Å². The van der Waals surface area contributed by atoms with Crippen LogP contribution in [0.15, 0.2) is 24.3 Å². The molecule has 4 aliphatic carbocycles. The molecule has 21 heavy (non-hydrogen) atoms. The summed E-state index contributed by atoms with van der Waals surface area (Å²) in [4.78, 5) is 12.8. The largest absolute Gasteiger partial charge is 0.352 e. The molecule has 0 heterocycles. The monoisotopic (exact) mass is 287 g/mol. The topological polar surface area (TPSA) is 29.1 Å². The van der Waals surface area contributed by atoms with Crippen molar-refractivity contribution in [2.75, 3.05) is 0 Å². The lowest BCUT2D eigenvalue weighted by Gasteiger charge is -2.55. The fraction of sp³-hybridized carbons (Fsp3) is 0.611. The number of hydrogen-bond donors (Lipinski definition) is 1. The molecule has 0 radical (unpaired) electrons. The summed E-state index contributed by atoms with van der Waals surface area (Å²) in [6.07, 6.45) is 7.33. The van der Waals surface area contributed by atoms with E-state index in [1.165, 1.54) is 31.4 Å². The van der Waals surface area contributed by atoms with Gasteiger partial charge in [0.25, 0.3) is 0 Å². The van der Waals surface area contributed by atoms with Gasteiger partial charge in [-0.3, -0.25) is 4.79 Å². The number of carbonyl (C=O) groups excluding carboxylic acids is 1. The average Bonchev–Trinajstić information content (AvgIpc) is 2.45. The van der Waals surface area contributed by atoms with Gasteiger partial charge in [0, 0.05) is 12.0 Å². The summed E-state index contributed by atoms with van der Waals surface area (Å²) >= 11 is 0. The van der Waals surface area contributed by atoms with Gasteiger partial charge >= 0.3 is 0 Å². The van der Waals surface area contributed by atoms with E-state index in [0.29, 0.717) is 6.54 Å². The third-order valence-corrected chi connectivity index (χ3v) is 5.89. The van der Waals surface area contributed by atoms with E-state index in [2.05, 4.69) is 5.32 Å². The van der Waals surface area contributed by atoms with Crippen LogP contribution in [0.3, 0.4) is 0 Å². The summed E-state index contributed by atoms with van der Waals surface area (Å²) < 4.78 is 12.9. The quantitative estimate of drug-likeness (QED) is 0.903. The molecule has 1 aromatic rings. The predicted octanol–water partition coefficient (Wildman–Crippen LogP) is 3.66. The van der Waals surface area contributed by atoms with Crippen molar-refractivity contribution in [3.63, 3.8) is 0 Å². The molecule has 1 amide bonds. The number of nitrogens with one attached hydrogen (secondary N) is 1. The second kappa shape index (κ2) is 4.82. The number of rotatable bonds is 3. The highest BCUT2D eigenvalue weighted by atomic mass is 19.1. The maximum Gasteiger partial charge on any atom is 0.226 e. The minimum Gasteiger partial charge on any atom is -0.352 e. The second-order valence-corrected chi connectivity index (χ2v) is 7.51. The van der Waals surface area contributed by atoms with Gasteiger partial charge in [-0.25, -0.2) is 4.39 Å². The molecule has 3 heteroatoms. The fourth-order valence-electron chi connectivity index (χ4n) is 5.36. The molecule has 0 aliphatic heterocycles. The van der Waals surface area contributed by atoms with Crippen LogP contribution in [-0.4, -0.2) is 5.91 Å². The normalized spacial score (nSPS) is 36.7. The molecule has 1 aromatic carbocycles. The smallest absolute Gasteiger partial charge is 0.226 e. The van der Waals surface area contributed by atoms with Crippen molar-refractivity contribution in [1.29, 1.82) is 0 Å². The number of amides is 1. The minimum absolute atomic E-state index is 0.0885. The van der Waals surface area contributed by atoms with Gasteiger partial charge in [0.15, 0.2) is 0 Å². The molecule has 4 saturated carbocycles. The van der Waals surface area contributed by atoms with E-state index in [9.17, 15) is 9.18 Å². The Hall–Kier alpha value is -1.38. The van der Waals surface area contributed by atoms with E-state index < -0.39 is 0 Å². The zero-order valence-corrected chi connectivity index (χ0v) is 12.3. The Labute approximate surface area is 125 Å². The first-order valence-electron chi connectivity index (χ1n) is 8.16. The zero-order valence-electron chi connectivity index (χ0n) is 12.3. The fourth-order valence-corrected chi connectivity index (χ4v) is 5.36. The molecule has 0 aromatic heterocycles. The van der Waals surface area contributed by atoms with Crippen molar-refractivity contribution < 1.29 is 9.18 Å². The summed E-state index contributed by atoms with van der Waals surface area (Å²) in [5.41, 5.74) is 0.879. The van der Waals surface area contributed by atoms with Gasteiger partial charge in [0.1, 0.15) is 5.82 Å². The molecular weight excluding hydrogens is 265 g/mol. The van der Waals surface area contributed by atoms with Crippen molar-refractivity contribution in [1.82, 2.24) is 5.32 Å². The van der Waals surface area contributed by atoms with Crippen LogP contribution in [0.5, 0.6) is 0 Å². The number of carbonyl (C=O) groups is 1. The van der Waals surface area contributed by atoms with Crippen molar-refractivity contribution in [2.24, 2.45) is 23.2 Å². The highest BCUT2D eigenvalue weighted by Gasteiger charge is 2.54. The van der Waals surface area contributed by atoms with Crippen LogP contribution >= 0.6 is 0 Å². The Morgan fingerprint density at radius 3 is 2.10 bits per heavy atom. The molecule has 4 fully saturated rings. The first kappa shape index (κ1) is 13.3. The van der Waals surface area contributed by atoms with E-state index in [0.717, 1.165) is 42.6 Å². The Morgan fingerprint density at radius 2 is 1.57 bits per heavy atom. The molecule has 0 spiro atoms. The van der Waals surface area contributed by atoms with Crippen LogP contribution in [0.2, 0.25) is 0 Å². The first-order valence-corrected chi connectivity index (χ1v) is 8.16. The minimum atomic E-state index is -0.230. The summed E-state index contributed by atoms with van der Waals surface area (Å²) in [6.45, 7) is 0.515. The Morgan fingerprint density at radius 1 is 1.05 bits per heavy atom. The summed E-state index contributed by atoms with van der Waals surface area (Å²) in [6, 6.07) is 6.39. The summed E-state index contributed by atoms with van der Waals surface area (Å²) in [5.74, 6) is 2.37. The van der Waals surface area contributed by atoms with Gasteiger partial charge in [0.05, 0.1) is 0 Å². The number of benzene rings is 1. The summed E-state index contributed by atoms with van der Waals surface area (Å²) in [7, 11) is 0. The van der Waals surface area contributed by atoms with Crippen molar-refractivity contribution in [3.05, 3.63) is 35.6 Å². The standard InChI is InChI=1S/C18H22FNO/c19-16-3-1-12(2-4-16)11-20-17(21)18-8-13-5-14(9-18)7-15(6-13)10-18/h1-4,13-15H,5-11H2,(H,20,21). The van der Waals surface area contributed by atoms with E-state index in [1.807, 2.05) is 0 Å². The lowest BCUT2D eigenvalue weighted by molar-refractivity contribution is -0.146. The van der Waals surface area contributed by atoms with Crippen LogP contribution in [0, 0.1) is 29.0 Å². The predicted molar refractivity (Wildman–Crippen MR) is 78.9 cm³/mol. The SMILES string of the molecule is O=C(NCc1ccc(F)cc1)C12CC3CC(CC(C3)C1)C2. The van der Waals surface area contributed by atoms with Crippen LogP contribution in [-0.2, 0) is 11.3 Å². The summed E-state index contributed by atoms with van der Waals surface area (Å²) in [5, 5.41) is 3.11. The van der Waals surface area contributed by atoms with Gasteiger partial charge in [0.2, 0.25) is 5.91 Å². The maximum absolute atomic E-state index is 12.9. The van der Waals surface area contributed by atoms with Crippen molar-refractivity contribution in [3.8, 4) is 0 Å². The van der Waals surface area contributed by atoms with E-state index >= 15 is 0 Å². The molecule has 0 saturated heterocycles. The molecular formula is C18H22FNO. The Balaban J connectivity index is 1.44. The van der Waals surface area contributed by atoms with E-state index in [-0.39, 0.29) is 17.1 Å². The number of halogens is 1. The lowest BCUT2D eigenvalue weighted by atomic mass is 9.49. The van der Waals surface area contributed by atoms with Gasteiger partial charge in [-0.2, -0.15) is 0 Å². The Kier molecular flexibility index (Phi) is 3.05. The van der Waals surface area contributed by atoms with Gasteiger partial charge < -0.3 is 5.32 Å². The molecule has 112 valence electrons. The van der Waals surface area contributed by atoms with Crippen LogP contribution in [0.1, 0.15) is 44.1 Å². The third kappa shape index (κ3) is 2.37. The third-order valence-electron chi connectivity index (χ3n) is 5.89. The second-order valence-electron chi connectivity index (χ2n) is 7.51. The highest BCUT2D eigenvalue weighted by molar-refractivity contribution is 5.83. The lowest BCUT2D eigenvalue weighted by Crippen LogP contribution is -2.53.